The first-order chi connectivity index (χ1) is 12.1. The molecule has 3 heterocycles. The van der Waals surface area contributed by atoms with Crippen LogP contribution in [0.5, 0.6) is 0 Å². The maximum absolute atomic E-state index is 12.8. The Hall–Kier alpha value is -1.17. The first kappa shape index (κ1) is 18.2. The second-order valence-corrected chi connectivity index (χ2v) is 9.43. The third kappa shape index (κ3) is 2.94. The number of halogens is 3. The fraction of sp³-hybridized carbons (Fsp3) is 0.800. The molecular formula is C15H21F3N4O3S. The van der Waals surface area contributed by atoms with Gasteiger partial charge in [-0.15, -0.1) is 0 Å². The van der Waals surface area contributed by atoms with Gasteiger partial charge in [0.05, 0.1) is 12.7 Å². The van der Waals surface area contributed by atoms with Crippen LogP contribution >= 0.6 is 0 Å². The minimum Gasteiger partial charge on any atom is -0.375 e. The van der Waals surface area contributed by atoms with E-state index in [0.29, 0.717) is 31.7 Å². The molecule has 3 aliphatic rings. The number of rotatable bonds is 3. The first-order valence-electron chi connectivity index (χ1n) is 8.54. The molecule has 4 rings (SSSR count). The van der Waals surface area contributed by atoms with Crippen LogP contribution in [0.2, 0.25) is 0 Å². The Morgan fingerprint density at radius 1 is 1.35 bits per heavy atom. The monoisotopic (exact) mass is 394 g/mol. The quantitative estimate of drug-likeness (QED) is 0.822. The highest BCUT2D eigenvalue weighted by Gasteiger charge is 2.57. The van der Waals surface area contributed by atoms with Crippen molar-refractivity contribution < 1.29 is 26.3 Å². The summed E-state index contributed by atoms with van der Waals surface area (Å²) in [6.45, 7) is 3.05. The zero-order chi connectivity index (χ0) is 18.7. The molecule has 0 bridgehead atoms. The SMILES string of the molecule is Cn1nc(C(F)(F)F)cc1S(=O)(=O)N1CC2(CC(C3CNCCO3)C2)C1. The van der Waals surface area contributed by atoms with Crippen LogP contribution in [0.15, 0.2) is 11.1 Å². The van der Waals surface area contributed by atoms with Crippen molar-refractivity contribution in [3.05, 3.63) is 11.8 Å². The van der Waals surface area contributed by atoms with Gasteiger partial charge in [0.1, 0.15) is 0 Å². The fourth-order valence-electron chi connectivity index (χ4n) is 4.30. The van der Waals surface area contributed by atoms with Gasteiger partial charge in [-0.3, -0.25) is 4.68 Å². The minimum absolute atomic E-state index is 0.0516. The van der Waals surface area contributed by atoms with E-state index in [4.69, 9.17) is 4.74 Å². The van der Waals surface area contributed by atoms with Gasteiger partial charge in [0.15, 0.2) is 10.7 Å². The third-order valence-electron chi connectivity index (χ3n) is 5.63. The van der Waals surface area contributed by atoms with Crippen LogP contribution in [0.4, 0.5) is 13.2 Å². The summed E-state index contributed by atoms with van der Waals surface area (Å²) in [5.41, 5.74) is -1.25. The van der Waals surface area contributed by atoms with Crippen LogP contribution in [0, 0.1) is 11.3 Å². The highest BCUT2D eigenvalue weighted by molar-refractivity contribution is 7.89. The number of hydrogen-bond acceptors (Lipinski definition) is 5. The summed E-state index contributed by atoms with van der Waals surface area (Å²) >= 11 is 0. The van der Waals surface area contributed by atoms with Crippen molar-refractivity contribution in [1.82, 2.24) is 19.4 Å². The molecule has 11 heteroatoms. The third-order valence-corrected chi connectivity index (χ3v) is 7.48. The molecule has 3 fully saturated rings. The number of aromatic nitrogens is 2. The Kier molecular flexibility index (Phi) is 4.14. The molecule has 0 amide bonds. The Balaban J connectivity index is 1.40. The number of morpholine rings is 1. The molecule has 26 heavy (non-hydrogen) atoms. The topological polar surface area (TPSA) is 76.5 Å². The molecule has 0 radical (unpaired) electrons. The Morgan fingerprint density at radius 2 is 2.04 bits per heavy atom. The van der Waals surface area contributed by atoms with E-state index in [2.05, 4.69) is 10.4 Å². The van der Waals surface area contributed by atoms with Crippen molar-refractivity contribution in [2.24, 2.45) is 18.4 Å². The highest BCUT2D eigenvalue weighted by Crippen LogP contribution is 2.54. The van der Waals surface area contributed by atoms with Gasteiger partial charge >= 0.3 is 6.18 Å². The molecule has 2 saturated heterocycles. The van der Waals surface area contributed by atoms with Crippen molar-refractivity contribution in [3.63, 3.8) is 0 Å². The number of sulfonamides is 1. The largest absolute Gasteiger partial charge is 0.435 e. The van der Waals surface area contributed by atoms with Gasteiger partial charge < -0.3 is 10.1 Å². The summed E-state index contributed by atoms with van der Waals surface area (Å²) < 4.78 is 71.4. The van der Waals surface area contributed by atoms with E-state index in [-0.39, 0.29) is 11.5 Å². The highest BCUT2D eigenvalue weighted by atomic mass is 32.2. The molecule has 1 spiro atoms. The number of nitrogens with zero attached hydrogens (tertiary/aromatic N) is 3. The van der Waals surface area contributed by atoms with Crippen molar-refractivity contribution >= 4 is 10.0 Å². The average molecular weight is 394 g/mol. The van der Waals surface area contributed by atoms with Gasteiger partial charge in [-0.05, 0) is 24.2 Å². The van der Waals surface area contributed by atoms with E-state index in [1.807, 2.05) is 0 Å². The predicted molar refractivity (Wildman–Crippen MR) is 84.7 cm³/mol. The molecule has 1 unspecified atom stereocenters. The lowest BCUT2D eigenvalue weighted by Crippen LogP contribution is -2.65. The van der Waals surface area contributed by atoms with Crippen molar-refractivity contribution in [3.8, 4) is 0 Å². The second kappa shape index (κ2) is 5.91. The van der Waals surface area contributed by atoms with Crippen LogP contribution in [-0.4, -0.2) is 61.4 Å². The second-order valence-electron chi connectivity index (χ2n) is 7.54. The molecule has 1 atom stereocenters. The fourth-order valence-corrected chi connectivity index (χ4v) is 6.08. The molecule has 1 aromatic rings. The van der Waals surface area contributed by atoms with Crippen molar-refractivity contribution in [2.45, 2.75) is 30.1 Å². The number of hydrogen-bond donors (Lipinski definition) is 1. The molecule has 0 aromatic carbocycles. The summed E-state index contributed by atoms with van der Waals surface area (Å²) in [6.07, 6.45) is -2.71. The van der Waals surface area contributed by atoms with Gasteiger partial charge in [0, 0.05) is 39.3 Å². The van der Waals surface area contributed by atoms with Gasteiger partial charge in [-0.25, -0.2) is 8.42 Å². The Labute approximate surface area is 149 Å². The minimum atomic E-state index is -4.67. The lowest BCUT2D eigenvalue weighted by molar-refractivity contribution is -0.141. The summed E-state index contributed by atoms with van der Waals surface area (Å²) in [6, 6.07) is 0.603. The van der Waals surface area contributed by atoms with Crippen molar-refractivity contribution in [1.29, 1.82) is 0 Å². The summed E-state index contributed by atoms with van der Waals surface area (Å²) in [7, 11) is -2.76. The zero-order valence-corrected chi connectivity index (χ0v) is 15.1. The molecule has 146 valence electrons. The van der Waals surface area contributed by atoms with E-state index in [1.54, 1.807) is 0 Å². The molecular weight excluding hydrogens is 373 g/mol. The normalized spacial score (nSPS) is 27.3. The Bertz CT molecular complexity index is 788. The number of aryl methyl sites for hydroxylation is 1. The standard InChI is InChI=1S/C15H21F3N4O3S/c1-21-13(4-12(20-21)15(16,17)18)26(23,24)22-8-14(9-22)5-10(6-14)11-7-19-2-3-25-11/h4,10-11,19H,2-3,5-9H2,1H3. The lowest BCUT2D eigenvalue weighted by atomic mass is 9.57. The number of alkyl halides is 3. The first-order valence-corrected chi connectivity index (χ1v) is 9.99. The van der Waals surface area contributed by atoms with E-state index in [0.717, 1.165) is 30.6 Å². The molecule has 1 saturated carbocycles. The lowest BCUT2D eigenvalue weighted by Gasteiger charge is -2.59. The van der Waals surface area contributed by atoms with Gasteiger partial charge in [0.2, 0.25) is 0 Å². The van der Waals surface area contributed by atoms with Crippen LogP contribution in [-0.2, 0) is 28.0 Å². The van der Waals surface area contributed by atoms with Gasteiger partial charge in [-0.2, -0.15) is 22.6 Å². The molecule has 7 nitrogen and oxygen atoms in total. The zero-order valence-electron chi connectivity index (χ0n) is 14.3. The van der Waals surface area contributed by atoms with Crippen LogP contribution < -0.4 is 5.32 Å². The van der Waals surface area contributed by atoms with E-state index in [1.165, 1.54) is 11.4 Å². The molecule has 1 aromatic heterocycles. The summed E-state index contributed by atoms with van der Waals surface area (Å²) in [5, 5.41) is 6.16. The van der Waals surface area contributed by atoms with Crippen LogP contribution in [0.3, 0.4) is 0 Å². The maximum Gasteiger partial charge on any atom is 0.435 e. The summed E-state index contributed by atoms with van der Waals surface area (Å²) in [4.78, 5) is 0. The van der Waals surface area contributed by atoms with Gasteiger partial charge in [-0.1, -0.05) is 0 Å². The van der Waals surface area contributed by atoms with Crippen LogP contribution in [0.25, 0.3) is 0 Å². The Morgan fingerprint density at radius 3 is 2.58 bits per heavy atom. The number of ether oxygens (including phenoxy) is 1. The van der Waals surface area contributed by atoms with Crippen LogP contribution in [0.1, 0.15) is 18.5 Å². The summed E-state index contributed by atoms with van der Waals surface area (Å²) in [5.74, 6) is 0.418. The average Bonchev–Trinajstić information content (AvgIpc) is 2.88. The van der Waals surface area contributed by atoms with E-state index < -0.39 is 26.9 Å². The van der Waals surface area contributed by atoms with E-state index in [9.17, 15) is 21.6 Å². The maximum atomic E-state index is 12.8. The smallest absolute Gasteiger partial charge is 0.375 e. The van der Waals surface area contributed by atoms with Gasteiger partial charge in [0.25, 0.3) is 10.0 Å². The molecule has 2 aliphatic heterocycles. The molecule has 1 aliphatic carbocycles. The predicted octanol–water partition coefficient (Wildman–Crippen LogP) is 0.828. The van der Waals surface area contributed by atoms with Crippen molar-refractivity contribution in [2.75, 3.05) is 32.8 Å². The molecule has 1 N–H and O–H groups in total. The van der Waals surface area contributed by atoms with E-state index >= 15 is 0 Å². The number of nitrogens with one attached hydrogen (secondary N) is 1.